The molecule has 0 saturated carbocycles. The van der Waals surface area contributed by atoms with Gasteiger partial charge in [-0.1, -0.05) is 26.0 Å². The highest BCUT2D eigenvalue weighted by molar-refractivity contribution is 7.92. The van der Waals surface area contributed by atoms with Gasteiger partial charge in [0.15, 0.2) is 4.65 Å². The molecule has 0 aliphatic carbocycles. The first-order valence-corrected chi connectivity index (χ1v) is 8.80. The van der Waals surface area contributed by atoms with E-state index in [1.807, 2.05) is 0 Å². The number of hydrogen-bond acceptors (Lipinski definition) is 7. The predicted octanol–water partition coefficient (Wildman–Crippen LogP) is -0.305. The standard InChI is InChI=1S/C13H23BN2O6S/c1-5-6-13(7-10(2)3,23(15,19)20)14-21-11(17)8-16(4)9-12(18)22-14/h5-6,10H,7-9H2,1-4H3,(H2,15,19,20). The number of sulfonamides is 1. The fourth-order valence-corrected chi connectivity index (χ4v) is 3.80. The first-order valence-electron chi connectivity index (χ1n) is 7.25. The molecule has 0 amide bonds. The molecule has 0 spiro atoms. The summed E-state index contributed by atoms with van der Waals surface area (Å²) in [6.45, 7) is 4.90. The van der Waals surface area contributed by atoms with Gasteiger partial charge in [0.25, 0.3) is 0 Å². The fourth-order valence-electron chi connectivity index (χ4n) is 2.54. The van der Waals surface area contributed by atoms with Crippen molar-refractivity contribution >= 4 is 29.1 Å². The minimum Gasteiger partial charge on any atom is -0.497 e. The molecule has 1 saturated heterocycles. The second-order valence-electron chi connectivity index (χ2n) is 6.08. The van der Waals surface area contributed by atoms with Crippen molar-refractivity contribution in [1.82, 2.24) is 4.90 Å². The van der Waals surface area contributed by atoms with Crippen LogP contribution < -0.4 is 5.14 Å². The number of nitrogens with two attached hydrogens (primary N) is 1. The van der Waals surface area contributed by atoms with Gasteiger partial charge in [-0.05, 0) is 26.3 Å². The average Bonchev–Trinajstić information content (AvgIpc) is 2.33. The molecule has 1 unspecified atom stereocenters. The summed E-state index contributed by atoms with van der Waals surface area (Å²) in [5.74, 6) is -1.48. The van der Waals surface area contributed by atoms with Gasteiger partial charge < -0.3 is 9.31 Å². The highest BCUT2D eigenvalue weighted by Gasteiger charge is 2.58. The third kappa shape index (κ3) is 4.79. The lowest BCUT2D eigenvalue weighted by Gasteiger charge is -2.34. The molecule has 130 valence electrons. The lowest BCUT2D eigenvalue weighted by Crippen LogP contribution is -2.60. The van der Waals surface area contributed by atoms with Gasteiger partial charge in [0.2, 0.25) is 10.0 Å². The van der Waals surface area contributed by atoms with Crippen molar-refractivity contribution in [3.63, 3.8) is 0 Å². The molecule has 2 N–H and O–H groups in total. The number of hydrogen-bond donors (Lipinski definition) is 1. The van der Waals surface area contributed by atoms with E-state index in [1.54, 1.807) is 27.8 Å². The Bertz CT molecular complexity index is 571. The molecule has 1 aliphatic rings. The first kappa shape index (κ1) is 19.7. The number of carbonyl (C=O) groups is 2. The van der Waals surface area contributed by atoms with Crippen LogP contribution in [0.25, 0.3) is 0 Å². The Morgan fingerprint density at radius 2 is 1.78 bits per heavy atom. The number of carbonyl (C=O) groups excluding carboxylic acids is 2. The summed E-state index contributed by atoms with van der Waals surface area (Å²) in [7, 11) is -4.30. The van der Waals surface area contributed by atoms with Crippen molar-refractivity contribution in [2.24, 2.45) is 11.1 Å². The van der Waals surface area contributed by atoms with Crippen molar-refractivity contribution in [2.75, 3.05) is 20.1 Å². The Balaban J connectivity index is 3.37. The molecule has 0 bridgehead atoms. The summed E-state index contributed by atoms with van der Waals surface area (Å²) in [5, 5.41) is 5.42. The Morgan fingerprint density at radius 1 is 1.30 bits per heavy atom. The van der Waals surface area contributed by atoms with Gasteiger partial charge in [0.1, 0.15) is 0 Å². The summed E-state index contributed by atoms with van der Waals surface area (Å²) in [5.41, 5.74) is 0. The number of primary sulfonamides is 1. The molecule has 23 heavy (non-hydrogen) atoms. The van der Waals surface area contributed by atoms with Crippen LogP contribution in [-0.2, 0) is 28.9 Å². The Hall–Kier alpha value is -1.39. The van der Waals surface area contributed by atoms with Gasteiger partial charge >= 0.3 is 19.1 Å². The molecule has 0 aromatic heterocycles. The van der Waals surface area contributed by atoms with E-state index >= 15 is 0 Å². The highest BCUT2D eigenvalue weighted by Crippen LogP contribution is 2.31. The van der Waals surface area contributed by atoms with E-state index in [1.165, 1.54) is 17.1 Å². The summed E-state index contributed by atoms with van der Waals surface area (Å²) in [6, 6.07) is 0. The van der Waals surface area contributed by atoms with Gasteiger partial charge in [-0.2, -0.15) is 0 Å². The highest BCUT2D eigenvalue weighted by atomic mass is 32.2. The van der Waals surface area contributed by atoms with E-state index in [0.29, 0.717) is 0 Å². The quantitative estimate of drug-likeness (QED) is 0.536. The van der Waals surface area contributed by atoms with E-state index in [-0.39, 0.29) is 25.4 Å². The van der Waals surface area contributed by atoms with Gasteiger partial charge in [-0.25, -0.2) is 13.6 Å². The van der Waals surface area contributed by atoms with Crippen LogP contribution in [0.5, 0.6) is 0 Å². The zero-order valence-electron chi connectivity index (χ0n) is 13.8. The Labute approximate surface area is 137 Å². The van der Waals surface area contributed by atoms with Crippen LogP contribution in [0.3, 0.4) is 0 Å². The van der Waals surface area contributed by atoms with Gasteiger partial charge in [-0.15, -0.1) is 0 Å². The maximum atomic E-state index is 12.3. The van der Waals surface area contributed by atoms with E-state index in [4.69, 9.17) is 14.4 Å². The van der Waals surface area contributed by atoms with E-state index in [9.17, 15) is 18.0 Å². The largest absolute Gasteiger partial charge is 0.626 e. The average molecular weight is 346 g/mol. The zero-order valence-corrected chi connectivity index (χ0v) is 14.6. The normalized spacial score (nSPS) is 20.9. The minimum atomic E-state index is -4.23. The molecule has 0 aromatic carbocycles. The van der Waals surface area contributed by atoms with Gasteiger partial charge in [0.05, 0.1) is 13.1 Å². The van der Waals surface area contributed by atoms with Crippen molar-refractivity contribution in [1.29, 1.82) is 0 Å². The molecule has 8 nitrogen and oxygen atoms in total. The molecule has 1 aliphatic heterocycles. The molecule has 0 aromatic rings. The van der Waals surface area contributed by atoms with E-state index in [0.717, 1.165) is 0 Å². The molecular weight excluding hydrogens is 323 g/mol. The molecule has 1 fully saturated rings. The van der Waals surface area contributed by atoms with Crippen LogP contribution in [0.15, 0.2) is 12.2 Å². The lowest BCUT2D eigenvalue weighted by molar-refractivity contribution is -0.146. The summed E-state index contributed by atoms with van der Waals surface area (Å²) >= 11 is 0. The third-order valence-electron chi connectivity index (χ3n) is 3.38. The van der Waals surface area contributed by atoms with Crippen molar-refractivity contribution < 1.29 is 27.3 Å². The van der Waals surface area contributed by atoms with Crippen LogP contribution in [0.1, 0.15) is 27.2 Å². The first-order chi connectivity index (χ1) is 10.5. The molecule has 1 rings (SSSR count). The topological polar surface area (TPSA) is 116 Å². The zero-order chi connectivity index (χ0) is 17.8. The SMILES string of the molecule is CC=CC(CC(C)C)(B1OC(=O)CN(C)CC(=O)O1)S(N)(=O)=O. The maximum absolute atomic E-state index is 12.3. The van der Waals surface area contributed by atoms with Crippen molar-refractivity contribution in [3.05, 3.63) is 12.2 Å². The number of nitrogens with zero attached hydrogens (tertiary/aromatic N) is 1. The predicted molar refractivity (Wildman–Crippen MR) is 85.5 cm³/mol. The van der Waals surface area contributed by atoms with E-state index in [2.05, 4.69) is 0 Å². The Morgan fingerprint density at radius 3 is 2.13 bits per heavy atom. The van der Waals surface area contributed by atoms with Crippen LogP contribution in [0, 0.1) is 5.92 Å². The third-order valence-corrected chi connectivity index (χ3v) is 4.93. The number of rotatable bonds is 5. The van der Waals surface area contributed by atoms with Crippen LogP contribution in [0.2, 0.25) is 0 Å². The number of allylic oxidation sites excluding steroid dienone is 1. The number of likely N-dealkylation sites (N-methyl/N-ethyl adjacent to an activating group) is 1. The van der Waals surface area contributed by atoms with Crippen LogP contribution in [-0.4, -0.2) is 57.2 Å². The summed E-state index contributed by atoms with van der Waals surface area (Å²) in [4.78, 5) is 25.2. The molecular formula is C13H23BN2O6S. The van der Waals surface area contributed by atoms with Crippen LogP contribution in [0.4, 0.5) is 0 Å². The smallest absolute Gasteiger partial charge is 0.497 e. The summed E-state index contributed by atoms with van der Waals surface area (Å²) in [6.07, 6.45) is 2.84. The van der Waals surface area contributed by atoms with Crippen molar-refractivity contribution in [2.45, 2.75) is 31.8 Å². The van der Waals surface area contributed by atoms with Crippen molar-refractivity contribution in [3.8, 4) is 0 Å². The molecule has 10 heteroatoms. The second-order valence-corrected chi connectivity index (χ2v) is 7.93. The second kappa shape index (κ2) is 7.46. The Kier molecular flexibility index (Phi) is 6.37. The monoisotopic (exact) mass is 346 g/mol. The molecule has 1 atom stereocenters. The maximum Gasteiger partial charge on any atom is 0.626 e. The van der Waals surface area contributed by atoms with E-state index < -0.39 is 33.7 Å². The molecule has 0 radical (unpaired) electrons. The summed E-state index contributed by atoms with van der Waals surface area (Å²) < 4.78 is 33.0. The minimum absolute atomic E-state index is 0.0389. The fraction of sp³-hybridized carbons (Fsp3) is 0.692. The van der Waals surface area contributed by atoms with Gasteiger partial charge in [0, 0.05) is 0 Å². The molecule has 1 heterocycles. The van der Waals surface area contributed by atoms with Crippen LogP contribution >= 0.6 is 0 Å². The lowest BCUT2D eigenvalue weighted by atomic mass is 9.66. The van der Waals surface area contributed by atoms with Gasteiger partial charge in [-0.3, -0.25) is 14.5 Å².